The molecule has 2 fully saturated rings. The number of carbonyl (C=O) groups is 4. The van der Waals surface area contributed by atoms with Gasteiger partial charge in [-0.15, -0.1) is 0 Å². The largest absolute Gasteiger partial charge is 0.508 e. The molecule has 1 saturated heterocycles. The fraction of sp³-hybridized carbons (Fsp3) is 0.533. The lowest BCUT2D eigenvalue weighted by Crippen LogP contribution is -2.66. The average molecular weight is 598 g/mol. The Morgan fingerprint density at radius 1 is 1.07 bits per heavy atom. The third-order valence-corrected chi connectivity index (χ3v) is 8.97. The van der Waals surface area contributed by atoms with E-state index in [4.69, 9.17) is 0 Å². The zero-order chi connectivity index (χ0) is 31.4. The summed E-state index contributed by atoms with van der Waals surface area (Å²) in [7, 11) is 6.61. The van der Waals surface area contributed by atoms with E-state index in [2.05, 4.69) is 10.6 Å². The number of nitrogens with one attached hydrogen (secondary N) is 2. The van der Waals surface area contributed by atoms with Gasteiger partial charge in [-0.25, -0.2) is 0 Å². The number of rotatable bonds is 7. The van der Waals surface area contributed by atoms with Crippen LogP contribution in [0.4, 0.5) is 5.69 Å². The highest BCUT2D eigenvalue weighted by Crippen LogP contribution is 2.53. The normalized spacial score (nSPS) is 27.4. The molecular formula is C30H39N5O8. The molecule has 4 atom stereocenters. The maximum atomic E-state index is 14.2. The second kappa shape index (κ2) is 11.4. The number of hydrogen-bond acceptors (Lipinski definition) is 11. The van der Waals surface area contributed by atoms with Crippen LogP contribution in [0.25, 0.3) is 5.76 Å². The molecule has 1 heterocycles. The molecule has 1 saturated carbocycles. The summed E-state index contributed by atoms with van der Waals surface area (Å²) in [5, 5.41) is 51.1. The zero-order valence-electron chi connectivity index (χ0n) is 24.8. The van der Waals surface area contributed by atoms with Crippen molar-refractivity contribution in [2.24, 2.45) is 11.8 Å². The van der Waals surface area contributed by atoms with Crippen molar-refractivity contribution < 1.29 is 39.6 Å². The molecular weight excluding hydrogens is 558 g/mol. The van der Waals surface area contributed by atoms with Gasteiger partial charge in [0.15, 0.2) is 11.4 Å². The van der Waals surface area contributed by atoms with Crippen LogP contribution in [0.5, 0.6) is 5.75 Å². The molecule has 6 N–H and O–H groups in total. The van der Waals surface area contributed by atoms with Crippen molar-refractivity contribution in [2.75, 3.05) is 59.8 Å². The Kier molecular flexibility index (Phi) is 8.11. The van der Waals surface area contributed by atoms with Crippen molar-refractivity contribution >= 4 is 34.8 Å². The number of carbonyl (C=O) groups excluding carboxylic acids is 4. The van der Waals surface area contributed by atoms with Gasteiger partial charge in [-0.1, -0.05) is 6.07 Å². The Morgan fingerprint density at radius 2 is 1.74 bits per heavy atom. The lowest BCUT2D eigenvalue weighted by molar-refractivity contribution is -0.153. The highest BCUT2D eigenvalue weighted by atomic mass is 16.3. The summed E-state index contributed by atoms with van der Waals surface area (Å²) in [4.78, 5) is 58.6. The third kappa shape index (κ3) is 5.09. The zero-order valence-corrected chi connectivity index (χ0v) is 24.8. The summed E-state index contributed by atoms with van der Waals surface area (Å²) in [6.07, 6.45) is 2.17. The first kappa shape index (κ1) is 30.7. The first-order chi connectivity index (χ1) is 20.3. The van der Waals surface area contributed by atoms with Crippen molar-refractivity contribution in [3.05, 3.63) is 40.2 Å². The van der Waals surface area contributed by atoms with Crippen LogP contribution in [0.2, 0.25) is 0 Å². The topological polar surface area (TPSA) is 183 Å². The van der Waals surface area contributed by atoms with E-state index < -0.39 is 69.7 Å². The van der Waals surface area contributed by atoms with Crippen LogP contribution in [-0.2, 0) is 25.6 Å². The maximum absolute atomic E-state index is 14.2. The number of likely N-dealkylation sites (N-methyl/N-ethyl adjacent to an activating group) is 2. The van der Waals surface area contributed by atoms with Crippen LogP contribution in [0.3, 0.4) is 0 Å². The summed E-state index contributed by atoms with van der Waals surface area (Å²) in [5.41, 5.74) is -3.09. The van der Waals surface area contributed by atoms with Crippen molar-refractivity contribution in [3.63, 3.8) is 0 Å². The van der Waals surface area contributed by atoms with Gasteiger partial charge in [-0.3, -0.25) is 29.0 Å². The van der Waals surface area contributed by atoms with Gasteiger partial charge in [0.2, 0.25) is 11.7 Å². The minimum Gasteiger partial charge on any atom is -0.508 e. The monoisotopic (exact) mass is 597 g/mol. The maximum Gasteiger partial charge on any atom is 0.259 e. The lowest BCUT2D eigenvalue weighted by atomic mass is 9.57. The highest BCUT2D eigenvalue weighted by molar-refractivity contribution is 6.25. The number of benzene rings is 1. The van der Waals surface area contributed by atoms with Gasteiger partial charge in [0.25, 0.3) is 5.91 Å². The summed E-state index contributed by atoms with van der Waals surface area (Å²) >= 11 is 0. The SMILES string of the molecule is CN(C)CC(=O)Nc1ccc2c(c1O)C(O)=C1C(=O)C3(O)C(O)=C(C(=O)NCN4CCCC4)C(=O)[C@@H](N(C)C)C3CC1C2. The van der Waals surface area contributed by atoms with Crippen molar-refractivity contribution in [1.82, 2.24) is 20.0 Å². The van der Waals surface area contributed by atoms with Gasteiger partial charge in [-0.05, 0) is 84.5 Å². The van der Waals surface area contributed by atoms with E-state index in [0.29, 0.717) is 5.56 Å². The predicted molar refractivity (Wildman–Crippen MR) is 156 cm³/mol. The number of aliphatic hydroxyl groups excluding tert-OH is 2. The second-order valence-electron chi connectivity index (χ2n) is 12.4. The fourth-order valence-corrected chi connectivity index (χ4v) is 6.99. The minimum atomic E-state index is -2.67. The number of amides is 2. The summed E-state index contributed by atoms with van der Waals surface area (Å²) in [6, 6.07) is 2.04. The highest BCUT2D eigenvalue weighted by Gasteiger charge is 2.64. The van der Waals surface area contributed by atoms with Crippen LogP contribution in [-0.4, -0.2) is 125 Å². The quantitative estimate of drug-likeness (QED) is 0.186. The van der Waals surface area contributed by atoms with E-state index in [1.165, 1.54) is 11.0 Å². The number of ketones is 2. The Bertz CT molecular complexity index is 1440. The Balaban J connectivity index is 1.56. The van der Waals surface area contributed by atoms with E-state index in [1.807, 2.05) is 4.90 Å². The molecule has 1 aromatic rings. The van der Waals surface area contributed by atoms with E-state index in [-0.39, 0.29) is 42.9 Å². The average Bonchev–Trinajstić information content (AvgIpc) is 3.44. The second-order valence-corrected chi connectivity index (χ2v) is 12.4. The molecule has 43 heavy (non-hydrogen) atoms. The standard InChI is InChI=1S/C30H39N5O8/c1-33(2)13-19(36)32-18-8-7-15-11-16-12-17-23(34(3)4)26(39)22(29(42)31-14-35-9-5-6-10-35)28(41)30(17,43)27(40)21(16)25(38)20(15)24(18)37/h7-8,16-17,23,37-38,41,43H,5-6,9-14H2,1-4H3,(H,31,42)(H,32,36)/t16?,17?,23-,30?/m0/s1. The van der Waals surface area contributed by atoms with Crippen molar-refractivity contribution in [2.45, 2.75) is 37.3 Å². The Morgan fingerprint density at radius 3 is 2.37 bits per heavy atom. The van der Waals surface area contributed by atoms with Crippen LogP contribution in [0.1, 0.15) is 30.4 Å². The molecule has 2 amide bonds. The molecule has 0 bridgehead atoms. The van der Waals surface area contributed by atoms with Crippen molar-refractivity contribution in [1.29, 1.82) is 0 Å². The molecule has 5 rings (SSSR count). The lowest BCUT2D eigenvalue weighted by Gasteiger charge is -2.50. The fourth-order valence-electron chi connectivity index (χ4n) is 6.99. The van der Waals surface area contributed by atoms with Gasteiger partial charge in [0.1, 0.15) is 22.8 Å². The third-order valence-electron chi connectivity index (χ3n) is 8.97. The van der Waals surface area contributed by atoms with Gasteiger partial charge >= 0.3 is 0 Å². The molecule has 4 aliphatic rings. The number of fused-ring (bicyclic) bond motifs is 3. The summed E-state index contributed by atoms with van der Waals surface area (Å²) in [6.45, 7) is 1.73. The number of phenols is 1. The summed E-state index contributed by atoms with van der Waals surface area (Å²) in [5.74, 6) is -6.87. The van der Waals surface area contributed by atoms with E-state index in [0.717, 1.165) is 25.9 Å². The van der Waals surface area contributed by atoms with Gasteiger partial charge in [0, 0.05) is 11.5 Å². The number of hydrogen-bond donors (Lipinski definition) is 6. The van der Waals surface area contributed by atoms with Crippen molar-refractivity contribution in [3.8, 4) is 5.75 Å². The van der Waals surface area contributed by atoms with Crippen LogP contribution in [0, 0.1) is 11.8 Å². The molecule has 13 nitrogen and oxygen atoms in total. The van der Waals surface area contributed by atoms with Gasteiger partial charge in [0.05, 0.1) is 30.5 Å². The predicted octanol–water partition coefficient (Wildman–Crippen LogP) is 0.148. The number of phenolic OH excluding ortho intramolecular Hbond substituents is 1. The van der Waals surface area contributed by atoms with Gasteiger partial charge < -0.3 is 36.0 Å². The number of aromatic hydroxyl groups is 1. The summed E-state index contributed by atoms with van der Waals surface area (Å²) < 4.78 is 0. The molecule has 3 unspecified atom stereocenters. The molecule has 1 aromatic carbocycles. The molecule has 1 aliphatic heterocycles. The number of aliphatic hydroxyl groups is 3. The molecule has 3 aliphatic carbocycles. The van der Waals surface area contributed by atoms with E-state index in [1.54, 1.807) is 39.2 Å². The Labute approximate surface area is 249 Å². The number of likely N-dealkylation sites (tertiary alicyclic amines) is 1. The molecule has 232 valence electrons. The van der Waals surface area contributed by atoms with E-state index in [9.17, 15) is 39.6 Å². The Hall–Kier alpha value is -3.78. The first-order valence-electron chi connectivity index (χ1n) is 14.4. The molecule has 13 heteroatoms. The molecule has 0 spiro atoms. The molecule has 0 radical (unpaired) electrons. The van der Waals surface area contributed by atoms with Crippen LogP contribution in [0.15, 0.2) is 29.0 Å². The first-order valence-corrected chi connectivity index (χ1v) is 14.4. The van der Waals surface area contributed by atoms with Gasteiger partial charge in [-0.2, -0.15) is 0 Å². The smallest absolute Gasteiger partial charge is 0.259 e. The number of anilines is 1. The number of nitrogens with zero attached hydrogens (tertiary/aromatic N) is 3. The minimum absolute atomic E-state index is 0.0322. The van der Waals surface area contributed by atoms with Crippen LogP contribution >= 0.6 is 0 Å². The van der Waals surface area contributed by atoms with Crippen LogP contribution < -0.4 is 10.6 Å². The molecule has 0 aromatic heterocycles. The number of Topliss-reactive ketones (excluding diaryl/α,β-unsaturated/α-hetero) is 2. The van der Waals surface area contributed by atoms with E-state index >= 15 is 0 Å².